The highest BCUT2D eigenvalue weighted by molar-refractivity contribution is 7.08. The fraction of sp³-hybridized carbons (Fsp3) is 0.333. The third-order valence-corrected chi connectivity index (χ3v) is 7.21. The number of rotatable bonds is 9. The molecule has 202 valence electrons. The van der Waals surface area contributed by atoms with Crippen molar-refractivity contribution in [2.75, 3.05) is 10.2 Å². The summed E-state index contributed by atoms with van der Waals surface area (Å²) in [5.74, 6) is 0.357. The average molecular weight is 544 g/mol. The SMILES string of the molecule is CC(C)(C)NC(=O)C(c1ccsc1)N(C(=O)CCc1nc2ccccc2[nH]1)c1ccc(NC(=O)C2CC2)cc1. The van der Waals surface area contributed by atoms with Crippen molar-refractivity contribution in [2.24, 2.45) is 5.92 Å². The van der Waals surface area contributed by atoms with E-state index in [0.29, 0.717) is 23.6 Å². The van der Waals surface area contributed by atoms with Gasteiger partial charge < -0.3 is 15.6 Å². The Morgan fingerprint density at radius 1 is 1.08 bits per heavy atom. The smallest absolute Gasteiger partial charge is 0.248 e. The second-order valence-electron chi connectivity index (χ2n) is 11.0. The highest BCUT2D eigenvalue weighted by Crippen LogP contribution is 2.33. The molecule has 2 aromatic heterocycles. The summed E-state index contributed by atoms with van der Waals surface area (Å²) in [7, 11) is 0. The molecule has 9 heteroatoms. The summed E-state index contributed by atoms with van der Waals surface area (Å²) >= 11 is 1.48. The molecule has 1 unspecified atom stereocenters. The molecular formula is C30H33N5O3S. The van der Waals surface area contributed by atoms with Crippen LogP contribution in [0.3, 0.4) is 0 Å². The van der Waals surface area contributed by atoms with Gasteiger partial charge in [0, 0.05) is 35.7 Å². The predicted molar refractivity (Wildman–Crippen MR) is 155 cm³/mol. The van der Waals surface area contributed by atoms with E-state index in [0.717, 1.165) is 29.4 Å². The number of thiophene rings is 1. The Morgan fingerprint density at radius 3 is 2.46 bits per heavy atom. The maximum atomic E-state index is 13.9. The fourth-order valence-electron chi connectivity index (χ4n) is 4.49. The Morgan fingerprint density at radius 2 is 1.82 bits per heavy atom. The lowest BCUT2D eigenvalue weighted by atomic mass is 10.0. The molecule has 1 aliphatic rings. The molecule has 8 nitrogen and oxygen atoms in total. The van der Waals surface area contributed by atoms with E-state index in [-0.39, 0.29) is 30.1 Å². The van der Waals surface area contributed by atoms with Crippen molar-refractivity contribution in [3.8, 4) is 0 Å². The molecule has 0 aliphatic heterocycles. The average Bonchev–Trinajstić information content (AvgIpc) is 3.45. The standard InChI is InChI=1S/C30H33N5O3S/c1-30(2,3)34-29(38)27(20-16-17-39-18-20)35(22-12-10-21(11-13-22)31-28(37)19-8-9-19)26(36)15-14-25-32-23-6-4-5-7-24(23)33-25/h4-7,10-13,16-19,27H,8-9,14-15H2,1-3H3,(H,31,37)(H,32,33)(H,34,38). The number of imidazole rings is 1. The Kier molecular flexibility index (Phi) is 7.52. The van der Waals surface area contributed by atoms with E-state index in [2.05, 4.69) is 20.6 Å². The Labute approximate surface area is 231 Å². The van der Waals surface area contributed by atoms with Crippen molar-refractivity contribution in [3.05, 3.63) is 76.7 Å². The summed E-state index contributed by atoms with van der Waals surface area (Å²) in [6.07, 6.45) is 2.39. The molecule has 1 atom stereocenters. The molecule has 2 heterocycles. The van der Waals surface area contributed by atoms with E-state index in [9.17, 15) is 14.4 Å². The number of aryl methyl sites for hydroxylation is 1. The molecule has 2 aromatic carbocycles. The third-order valence-electron chi connectivity index (χ3n) is 6.51. The Balaban J connectivity index is 1.45. The first-order valence-corrected chi connectivity index (χ1v) is 14.1. The van der Waals surface area contributed by atoms with Gasteiger partial charge in [0.2, 0.25) is 17.7 Å². The van der Waals surface area contributed by atoms with Gasteiger partial charge in [-0.3, -0.25) is 19.3 Å². The zero-order valence-electron chi connectivity index (χ0n) is 22.4. The van der Waals surface area contributed by atoms with Crippen LogP contribution in [0.2, 0.25) is 0 Å². The maximum Gasteiger partial charge on any atom is 0.248 e. The van der Waals surface area contributed by atoms with E-state index in [1.165, 1.54) is 11.3 Å². The molecular weight excluding hydrogens is 510 g/mol. The number of amides is 3. The van der Waals surface area contributed by atoms with Crippen LogP contribution in [-0.4, -0.2) is 33.2 Å². The number of benzene rings is 2. The maximum absolute atomic E-state index is 13.9. The van der Waals surface area contributed by atoms with Crippen molar-refractivity contribution in [2.45, 2.75) is 58.0 Å². The number of carbonyl (C=O) groups is 3. The number of nitrogens with one attached hydrogen (secondary N) is 3. The minimum atomic E-state index is -0.856. The summed E-state index contributed by atoms with van der Waals surface area (Å²) in [5.41, 5.74) is 3.27. The lowest BCUT2D eigenvalue weighted by molar-refractivity contribution is -0.127. The molecule has 5 rings (SSSR count). The summed E-state index contributed by atoms with van der Waals surface area (Å²) in [6, 6.07) is 15.9. The van der Waals surface area contributed by atoms with Gasteiger partial charge in [0.1, 0.15) is 11.9 Å². The number of hydrogen-bond acceptors (Lipinski definition) is 5. The van der Waals surface area contributed by atoms with Crippen LogP contribution in [0.15, 0.2) is 65.4 Å². The van der Waals surface area contributed by atoms with Crippen LogP contribution in [0.1, 0.15) is 57.5 Å². The molecule has 0 spiro atoms. The van der Waals surface area contributed by atoms with Gasteiger partial charge in [-0.1, -0.05) is 12.1 Å². The summed E-state index contributed by atoms with van der Waals surface area (Å²) in [6.45, 7) is 5.75. The predicted octanol–water partition coefficient (Wildman–Crippen LogP) is 5.59. The number of hydrogen-bond donors (Lipinski definition) is 3. The topological polar surface area (TPSA) is 107 Å². The van der Waals surface area contributed by atoms with E-state index >= 15 is 0 Å². The van der Waals surface area contributed by atoms with Crippen molar-refractivity contribution >= 4 is 51.5 Å². The van der Waals surface area contributed by atoms with Crippen LogP contribution in [0.4, 0.5) is 11.4 Å². The van der Waals surface area contributed by atoms with Crippen molar-refractivity contribution < 1.29 is 14.4 Å². The number of aromatic amines is 1. The molecule has 39 heavy (non-hydrogen) atoms. The normalized spacial score (nSPS) is 14.1. The monoisotopic (exact) mass is 543 g/mol. The number of carbonyl (C=O) groups excluding carboxylic acids is 3. The van der Waals surface area contributed by atoms with E-state index in [1.807, 2.05) is 61.9 Å². The van der Waals surface area contributed by atoms with Crippen LogP contribution in [-0.2, 0) is 20.8 Å². The summed E-state index contributed by atoms with van der Waals surface area (Å²) in [4.78, 5) is 49.3. The van der Waals surface area contributed by atoms with Crippen LogP contribution >= 0.6 is 11.3 Å². The van der Waals surface area contributed by atoms with E-state index < -0.39 is 11.6 Å². The van der Waals surface area contributed by atoms with Gasteiger partial charge in [-0.25, -0.2) is 4.98 Å². The largest absolute Gasteiger partial charge is 0.349 e. The first kappa shape index (κ1) is 26.6. The third kappa shape index (κ3) is 6.54. The summed E-state index contributed by atoms with van der Waals surface area (Å²) < 4.78 is 0. The van der Waals surface area contributed by atoms with Crippen LogP contribution in [0, 0.1) is 5.92 Å². The van der Waals surface area contributed by atoms with Gasteiger partial charge in [-0.2, -0.15) is 11.3 Å². The highest BCUT2D eigenvalue weighted by atomic mass is 32.1. The summed E-state index contributed by atoms with van der Waals surface area (Å²) in [5, 5.41) is 9.80. The van der Waals surface area contributed by atoms with E-state index in [1.54, 1.807) is 29.2 Å². The Bertz CT molecular complexity index is 1430. The quantitative estimate of drug-likeness (QED) is 0.256. The van der Waals surface area contributed by atoms with Gasteiger partial charge in [0.05, 0.1) is 11.0 Å². The van der Waals surface area contributed by atoms with Gasteiger partial charge >= 0.3 is 0 Å². The molecule has 3 N–H and O–H groups in total. The van der Waals surface area contributed by atoms with E-state index in [4.69, 9.17) is 0 Å². The first-order chi connectivity index (χ1) is 18.7. The second-order valence-corrected chi connectivity index (χ2v) is 11.8. The number of para-hydroxylation sites is 2. The second kappa shape index (κ2) is 11.0. The van der Waals surface area contributed by atoms with Gasteiger partial charge in [0.25, 0.3) is 0 Å². The molecule has 0 radical (unpaired) electrons. The number of aromatic nitrogens is 2. The zero-order chi connectivity index (χ0) is 27.6. The first-order valence-electron chi connectivity index (χ1n) is 13.2. The molecule has 1 fully saturated rings. The van der Waals surface area contributed by atoms with Gasteiger partial charge in [-0.15, -0.1) is 0 Å². The number of anilines is 2. The molecule has 0 saturated heterocycles. The van der Waals surface area contributed by atoms with Gasteiger partial charge in [-0.05, 0) is 92.4 Å². The molecule has 1 saturated carbocycles. The molecule has 1 aliphatic carbocycles. The van der Waals surface area contributed by atoms with Crippen molar-refractivity contribution in [1.29, 1.82) is 0 Å². The van der Waals surface area contributed by atoms with Crippen LogP contribution < -0.4 is 15.5 Å². The fourth-order valence-corrected chi connectivity index (χ4v) is 5.17. The minimum absolute atomic E-state index is 0.0159. The Hall–Kier alpha value is -3.98. The number of nitrogens with zero attached hydrogens (tertiary/aromatic N) is 2. The molecule has 3 amide bonds. The van der Waals surface area contributed by atoms with Gasteiger partial charge in [0.15, 0.2) is 0 Å². The lowest BCUT2D eigenvalue weighted by Gasteiger charge is -2.33. The molecule has 0 bridgehead atoms. The number of H-pyrrole nitrogens is 1. The molecule has 4 aromatic rings. The minimum Gasteiger partial charge on any atom is -0.349 e. The van der Waals surface area contributed by atoms with Crippen molar-refractivity contribution in [1.82, 2.24) is 15.3 Å². The van der Waals surface area contributed by atoms with Crippen LogP contribution in [0.5, 0.6) is 0 Å². The number of fused-ring (bicyclic) bond motifs is 1. The van der Waals surface area contributed by atoms with Crippen molar-refractivity contribution in [3.63, 3.8) is 0 Å². The van der Waals surface area contributed by atoms with Crippen LogP contribution in [0.25, 0.3) is 11.0 Å². The zero-order valence-corrected chi connectivity index (χ0v) is 23.2. The lowest BCUT2D eigenvalue weighted by Crippen LogP contribution is -2.49. The highest BCUT2D eigenvalue weighted by Gasteiger charge is 2.35.